The summed E-state index contributed by atoms with van der Waals surface area (Å²) in [5.74, 6) is 0.0856. The van der Waals surface area contributed by atoms with Crippen molar-refractivity contribution in [1.29, 1.82) is 0 Å². The van der Waals surface area contributed by atoms with Crippen molar-refractivity contribution in [2.24, 2.45) is 0 Å². The third-order valence-electron chi connectivity index (χ3n) is 3.66. The van der Waals surface area contributed by atoms with Crippen LogP contribution in [0.25, 0.3) is 6.08 Å². The molecule has 0 saturated carbocycles. The van der Waals surface area contributed by atoms with Crippen LogP contribution in [0.2, 0.25) is 0 Å². The number of rotatable bonds is 7. The molecule has 0 unspecified atom stereocenters. The zero-order valence-corrected chi connectivity index (χ0v) is 14.8. The minimum Gasteiger partial charge on any atom is -0.502 e. The second-order valence-electron chi connectivity index (χ2n) is 5.31. The van der Waals surface area contributed by atoms with Crippen molar-refractivity contribution < 1.29 is 24.2 Å². The standard InChI is InChI=1S/C17H21NO5S/c1-4-5-6-7-18-16(20)14(24-17(18)21)10-11-8-12(22-2)15(19)13(9-11)23-3/h8-10,19H,4-7H2,1-3H3/b14-10-. The normalized spacial score (nSPS) is 16.1. The molecule has 24 heavy (non-hydrogen) atoms. The molecule has 0 aromatic heterocycles. The third-order valence-corrected chi connectivity index (χ3v) is 4.57. The van der Waals surface area contributed by atoms with Crippen LogP contribution in [-0.2, 0) is 4.79 Å². The zero-order valence-electron chi connectivity index (χ0n) is 14.0. The molecule has 6 nitrogen and oxygen atoms in total. The lowest BCUT2D eigenvalue weighted by molar-refractivity contribution is -0.122. The first-order valence-corrected chi connectivity index (χ1v) is 8.53. The SMILES string of the molecule is CCCCCN1C(=O)S/C(=C\c2cc(OC)c(O)c(OC)c2)C1=O. The van der Waals surface area contributed by atoms with E-state index in [-0.39, 0.29) is 28.4 Å². The quantitative estimate of drug-likeness (QED) is 0.597. The number of ether oxygens (including phenoxy) is 2. The molecule has 0 aliphatic carbocycles. The van der Waals surface area contributed by atoms with E-state index in [9.17, 15) is 14.7 Å². The summed E-state index contributed by atoms with van der Waals surface area (Å²) >= 11 is 0.920. The average molecular weight is 351 g/mol. The van der Waals surface area contributed by atoms with Gasteiger partial charge in [0.1, 0.15) is 0 Å². The predicted molar refractivity (Wildman–Crippen MR) is 93.4 cm³/mol. The van der Waals surface area contributed by atoms with Gasteiger partial charge in [0.15, 0.2) is 11.5 Å². The van der Waals surface area contributed by atoms with Gasteiger partial charge in [-0.05, 0) is 42.0 Å². The van der Waals surface area contributed by atoms with E-state index in [1.54, 1.807) is 18.2 Å². The number of benzene rings is 1. The van der Waals surface area contributed by atoms with Crippen molar-refractivity contribution in [2.75, 3.05) is 20.8 Å². The Morgan fingerprint density at radius 2 is 1.79 bits per heavy atom. The molecule has 2 amide bonds. The molecule has 1 aliphatic heterocycles. The van der Waals surface area contributed by atoms with E-state index in [4.69, 9.17) is 9.47 Å². The first-order valence-electron chi connectivity index (χ1n) is 7.72. The van der Waals surface area contributed by atoms with E-state index >= 15 is 0 Å². The molecule has 0 atom stereocenters. The number of phenolic OH excluding ortho intramolecular Hbond substituents is 1. The number of phenols is 1. The molecule has 0 radical (unpaired) electrons. The Bertz CT molecular complexity index is 646. The van der Waals surface area contributed by atoms with E-state index in [2.05, 4.69) is 6.92 Å². The number of methoxy groups -OCH3 is 2. The van der Waals surface area contributed by atoms with Gasteiger partial charge in [-0.25, -0.2) is 0 Å². The van der Waals surface area contributed by atoms with Crippen molar-refractivity contribution in [2.45, 2.75) is 26.2 Å². The number of hydrogen-bond acceptors (Lipinski definition) is 6. The lowest BCUT2D eigenvalue weighted by Crippen LogP contribution is -2.29. The molecule has 1 N–H and O–H groups in total. The minimum absolute atomic E-state index is 0.107. The van der Waals surface area contributed by atoms with Crippen LogP contribution in [0.4, 0.5) is 4.79 Å². The van der Waals surface area contributed by atoms with Gasteiger partial charge in [0.2, 0.25) is 5.75 Å². The second-order valence-corrected chi connectivity index (χ2v) is 6.31. The van der Waals surface area contributed by atoms with Crippen LogP contribution in [0.3, 0.4) is 0 Å². The summed E-state index contributed by atoms with van der Waals surface area (Å²) in [6, 6.07) is 3.17. The molecule has 1 saturated heterocycles. The van der Waals surface area contributed by atoms with Gasteiger partial charge in [-0.3, -0.25) is 14.5 Å². The number of amides is 2. The first-order chi connectivity index (χ1) is 11.5. The maximum absolute atomic E-state index is 12.4. The highest BCUT2D eigenvalue weighted by Crippen LogP contribution is 2.39. The van der Waals surface area contributed by atoms with Gasteiger partial charge >= 0.3 is 0 Å². The molecule has 1 aromatic rings. The van der Waals surface area contributed by atoms with Crippen LogP contribution in [0.1, 0.15) is 31.7 Å². The molecule has 130 valence electrons. The van der Waals surface area contributed by atoms with Crippen LogP contribution < -0.4 is 9.47 Å². The van der Waals surface area contributed by atoms with Gasteiger partial charge in [0.05, 0.1) is 19.1 Å². The molecule has 1 aromatic carbocycles. The van der Waals surface area contributed by atoms with Crippen molar-refractivity contribution in [3.8, 4) is 17.2 Å². The number of hydrogen-bond donors (Lipinski definition) is 1. The Morgan fingerprint density at radius 1 is 1.17 bits per heavy atom. The second kappa shape index (κ2) is 8.10. The lowest BCUT2D eigenvalue weighted by atomic mass is 10.1. The highest BCUT2D eigenvalue weighted by Gasteiger charge is 2.34. The Labute approximate surface area is 145 Å². The monoisotopic (exact) mass is 351 g/mol. The summed E-state index contributed by atoms with van der Waals surface area (Å²) in [6.07, 6.45) is 4.42. The van der Waals surface area contributed by atoms with Crippen LogP contribution >= 0.6 is 11.8 Å². The molecular weight excluding hydrogens is 330 g/mol. The highest BCUT2D eigenvalue weighted by atomic mass is 32.2. The topological polar surface area (TPSA) is 76.1 Å². The van der Waals surface area contributed by atoms with Crippen LogP contribution in [-0.4, -0.2) is 41.9 Å². The molecule has 2 rings (SSSR count). The van der Waals surface area contributed by atoms with Gasteiger partial charge < -0.3 is 14.6 Å². The number of nitrogens with zero attached hydrogens (tertiary/aromatic N) is 1. The maximum atomic E-state index is 12.4. The number of carbonyl (C=O) groups is 2. The van der Waals surface area contributed by atoms with Gasteiger partial charge in [-0.15, -0.1) is 0 Å². The number of unbranched alkanes of at least 4 members (excludes halogenated alkanes) is 2. The van der Waals surface area contributed by atoms with Crippen LogP contribution in [0.5, 0.6) is 17.2 Å². The Hall–Kier alpha value is -2.15. The summed E-state index contributed by atoms with van der Waals surface area (Å²) < 4.78 is 10.2. The number of carbonyl (C=O) groups excluding carboxylic acids is 2. The molecule has 0 spiro atoms. The number of imide groups is 1. The molecule has 1 heterocycles. The van der Waals surface area contributed by atoms with Gasteiger partial charge in [-0.1, -0.05) is 19.8 Å². The fourth-order valence-corrected chi connectivity index (χ4v) is 3.23. The Balaban J connectivity index is 2.25. The largest absolute Gasteiger partial charge is 0.502 e. The van der Waals surface area contributed by atoms with E-state index in [0.29, 0.717) is 17.0 Å². The predicted octanol–water partition coefficient (Wildman–Crippen LogP) is 3.64. The molecule has 0 bridgehead atoms. The summed E-state index contributed by atoms with van der Waals surface area (Å²) in [5.41, 5.74) is 0.612. The third kappa shape index (κ3) is 3.84. The van der Waals surface area contributed by atoms with E-state index in [1.165, 1.54) is 19.1 Å². The van der Waals surface area contributed by atoms with E-state index < -0.39 is 0 Å². The summed E-state index contributed by atoms with van der Waals surface area (Å²) in [7, 11) is 2.86. The fraction of sp³-hybridized carbons (Fsp3) is 0.412. The molecule has 1 fully saturated rings. The van der Waals surface area contributed by atoms with Crippen molar-refractivity contribution in [1.82, 2.24) is 4.90 Å². The van der Waals surface area contributed by atoms with Crippen molar-refractivity contribution >= 4 is 29.0 Å². The smallest absolute Gasteiger partial charge is 0.293 e. The highest BCUT2D eigenvalue weighted by molar-refractivity contribution is 8.18. The lowest BCUT2D eigenvalue weighted by Gasteiger charge is -2.11. The van der Waals surface area contributed by atoms with Crippen molar-refractivity contribution in [3.63, 3.8) is 0 Å². The van der Waals surface area contributed by atoms with Crippen LogP contribution in [0, 0.1) is 0 Å². The number of thioether (sulfide) groups is 1. The minimum atomic E-state index is -0.285. The Kier molecular flexibility index (Phi) is 6.14. The zero-order chi connectivity index (χ0) is 17.7. The molecular formula is C17H21NO5S. The first kappa shape index (κ1) is 18.2. The maximum Gasteiger partial charge on any atom is 0.293 e. The van der Waals surface area contributed by atoms with E-state index in [1.807, 2.05) is 0 Å². The number of aromatic hydroxyl groups is 1. The summed E-state index contributed by atoms with van der Waals surface area (Å²) in [4.78, 5) is 26.0. The fourth-order valence-electron chi connectivity index (χ4n) is 2.36. The van der Waals surface area contributed by atoms with Gasteiger partial charge in [0, 0.05) is 6.54 Å². The van der Waals surface area contributed by atoms with Gasteiger partial charge in [-0.2, -0.15) is 0 Å². The average Bonchev–Trinajstić information content (AvgIpc) is 2.83. The Morgan fingerprint density at radius 3 is 2.33 bits per heavy atom. The van der Waals surface area contributed by atoms with Crippen molar-refractivity contribution in [3.05, 3.63) is 22.6 Å². The molecule has 7 heteroatoms. The summed E-state index contributed by atoms with van der Waals surface area (Å²) in [5, 5.41) is 9.68. The van der Waals surface area contributed by atoms with Crippen LogP contribution in [0.15, 0.2) is 17.0 Å². The van der Waals surface area contributed by atoms with E-state index in [0.717, 1.165) is 31.0 Å². The molecule has 1 aliphatic rings. The summed E-state index contributed by atoms with van der Waals surface area (Å²) in [6.45, 7) is 2.51. The van der Waals surface area contributed by atoms with Gasteiger partial charge in [0.25, 0.3) is 11.1 Å².